The first kappa shape index (κ1) is 17.1. The molecule has 8 heteroatoms. The number of para-hydroxylation sites is 2. The lowest BCUT2D eigenvalue weighted by atomic mass is 9.97. The largest absolute Gasteiger partial charge is 0.341 e. The molecule has 0 saturated carbocycles. The fourth-order valence-electron chi connectivity index (χ4n) is 4.11. The molecule has 5 rings (SSSR count). The maximum Gasteiger partial charge on any atom is 0.152 e. The van der Waals surface area contributed by atoms with Crippen molar-refractivity contribution in [3.63, 3.8) is 0 Å². The van der Waals surface area contributed by atoms with Crippen LogP contribution in [0.25, 0.3) is 11.0 Å². The zero-order valence-corrected chi connectivity index (χ0v) is 16.0. The summed E-state index contributed by atoms with van der Waals surface area (Å²) in [5, 5.41) is 8.96. The molecule has 0 spiro atoms. The molecule has 0 amide bonds. The van der Waals surface area contributed by atoms with Gasteiger partial charge < -0.3 is 14.1 Å². The zero-order chi connectivity index (χ0) is 18.9. The summed E-state index contributed by atoms with van der Waals surface area (Å²) in [5.41, 5.74) is 2.13. The third-order valence-corrected chi connectivity index (χ3v) is 5.56. The number of rotatable bonds is 5. The van der Waals surface area contributed by atoms with Crippen LogP contribution in [0.15, 0.2) is 43.0 Å². The van der Waals surface area contributed by atoms with Crippen LogP contribution in [-0.4, -0.2) is 52.3 Å². The number of benzene rings is 1. The number of imidazole rings is 2. The van der Waals surface area contributed by atoms with Crippen LogP contribution < -0.4 is 0 Å². The van der Waals surface area contributed by atoms with Gasteiger partial charge in [0.15, 0.2) is 5.82 Å². The van der Waals surface area contributed by atoms with Crippen molar-refractivity contribution in [2.45, 2.75) is 31.8 Å². The van der Waals surface area contributed by atoms with Crippen molar-refractivity contribution >= 4 is 11.0 Å². The van der Waals surface area contributed by atoms with Crippen LogP contribution in [0.5, 0.6) is 0 Å². The Morgan fingerprint density at radius 2 is 2.11 bits per heavy atom. The summed E-state index contributed by atoms with van der Waals surface area (Å²) in [6.45, 7) is 3.60. The molecule has 1 aromatic carbocycles. The molecule has 0 unspecified atom stereocenters. The predicted molar refractivity (Wildman–Crippen MR) is 106 cm³/mol. The zero-order valence-electron chi connectivity index (χ0n) is 16.0. The molecule has 1 N–H and O–H groups in total. The van der Waals surface area contributed by atoms with Crippen LogP contribution in [0.1, 0.15) is 36.2 Å². The van der Waals surface area contributed by atoms with Gasteiger partial charge in [-0.1, -0.05) is 12.1 Å². The van der Waals surface area contributed by atoms with Gasteiger partial charge >= 0.3 is 0 Å². The summed E-state index contributed by atoms with van der Waals surface area (Å²) in [6, 6.07) is 8.19. The normalized spacial score (nSPS) is 18.1. The highest BCUT2D eigenvalue weighted by atomic mass is 15.3. The second kappa shape index (κ2) is 7.20. The molecule has 3 aromatic heterocycles. The first-order valence-electron chi connectivity index (χ1n) is 9.76. The molecule has 1 aliphatic rings. The number of H-pyrrole nitrogens is 1. The third kappa shape index (κ3) is 3.31. The Morgan fingerprint density at radius 3 is 2.96 bits per heavy atom. The van der Waals surface area contributed by atoms with Crippen molar-refractivity contribution in [2.75, 3.05) is 13.1 Å². The summed E-state index contributed by atoms with van der Waals surface area (Å²) in [4.78, 5) is 14.7. The average Bonchev–Trinajstić information content (AvgIpc) is 3.43. The number of aromatic amines is 1. The lowest BCUT2D eigenvalue weighted by Crippen LogP contribution is -2.35. The molecular weight excluding hydrogens is 352 g/mol. The van der Waals surface area contributed by atoms with E-state index in [9.17, 15) is 0 Å². The van der Waals surface area contributed by atoms with Crippen LogP contribution in [0.3, 0.4) is 0 Å². The van der Waals surface area contributed by atoms with E-state index in [1.807, 2.05) is 29.2 Å². The van der Waals surface area contributed by atoms with Gasteiger partial charge in [-0.15, -0.1) is 10.2 Å². The third-order valence-electron chi connectivity index (χ3n) is 5.56. The second-order valence-electron chi connectivity index (χ2n) is 7.54. The first-order chi connectivity index (χ1) is 13.8. The number of nitrogens with zero attached hydrogens (tertiary/aromatic N) is 7. The quantitative estimate of drug-likeness (QED) is 0.578. The number of piperidine rings is 1. The Kier molecular flexibility index (Phi) is 4.40. The van der Waals surface area contributed by atoms with Gasteiger partial charge in [-0.3, -0.25) is 4.90 Å². The molecule has 0 bridgehead atoms. The number of hydrogen-bond donors (Lipinski definition) is 1. The van der Waals surface area contributed by atoms with Gasteiger partial charge in [0, 0.05) is 31.9 Å². The Morgan fingerprint density at radius 1 is 1.18 bits per heavy atom. The number of fused-ring (bicyclic) bond motifs is 1. The highest BCUT2D eigenvalue weighted by Crippen LogP contribution is 2.27. The molecule has 0 radical (unpaired) electrons. The van der Waals surface area contributed by atoms with E-state index in [-0.39, 0.29) is 0 Å². The van der Waals surface area contributed by atoms with Crippen LogP contribution in [0, 0.1) is 0 Å². The highest BCUT2D eigenvalue weighted by molar-refractivity contribution is 5.74. The minimum absolute atomic E-state index is 0.396. The first-order valence-corrected chi connectivity index (χ1v) is 9.76. The van der Waals surface area contributed by atoms with Gasteiger partial charge in [-0.2, -0.15) is 0 Å². The topological polar surface area (TPSA) is 80.4 Å². The van der Waals surface area contributed by atoms with Crippen LogP contribution in [0.2, 0.25) is 0 Å². The average molecular weight is 376 g/mol. The van der Waals surface area contributed by atoms with Crippen molar-refractivity contribution in [3.05, 3.63) is 60.5 Å². The Bertz CT molecular complexity index is 1030. The van der Waals surface area contributed by atoms with Crippen molar-refractivity contribution in [1.29, 1.82) is 0 Å². The molecule has 1 fully saturated rings. The van der Waals surface area contributed by atoms with Gasteiger partial charge in [0.1, 0.15) is 11.6 Å². The van der Waals surface area contributed by atoms with Crippen LogP contribution in [-0.2, 0) is 20.1 Å². The lowest BCUT2D eigenvalue weighted by molar-refractivity contribution is 0.191. The predicted octanol–water partition coefficient (Wildman–Crippen LogP) is 2.32. The van der Waals surface area contributed by atoms with Gasteiger partial charge in [-0.25, -0.2) is 9.97 Å². The number of nitrogens with one attached hydrogen (secondary N) is 1. The van der Waals surface area contributed by atoms with E-state index in [0.29, 0.717) is 12.5 Å². The molecule has 144 valence electrons. The molecular formula is C20H24N8. The maximum atomic E-state index is 4.73. The number of likely N-dealkylation sites (tertiary alicyclic amines) is 1. The highest BCUT2D eigenvalue weighted by Gasteiger charge is 2.26. The van der Waals surface area contributed by atoms with E-state index >= 15 is 0 Å². The molecule has 8 nitrogen and oxygen atoms in total. The smallest absolute Gasteiger partial charge is 0.152 e. The minimum atomic E-state index is 0.396. The molecule has 1 aliphatic heterocycles. The minimum Gasteiger partial charge on any atom is -0.341 e. The van der Waals surface area contributed by atoms with Crippen molar-refractivity contribution in [3.8, 4) is 0 Å². The number of aromatic nitrogens is 7. The van der Waals surface area contributed by atoms with E-state index in [1.54, 1.807) is 6.20 Å². The molecule has 4 heterocycles. The Hall–Kier alpha value is -3.00. The Labute approximate surface area is 163 Å². The summed E-state index contributed by atoms with van der Waals surface area (Å²) in [5.74, 6) is 3.46. The van der Waals surface area contributed by atoms with E-state index in [2.05, 4.69) is 48.8 Å². The van der Waals surface area contributed by atoms with Crippen LogP contribution >= 0.6 is 0 Å². The summed E-state index contributed by atoms with van der Waals surface area (Å²) in [7, 11) is 2.07. The standard InChI is InChI=1S/C20H24N8/c1-26-19(13-28-10-8-21-14-28)24-25-20(26)15-5-4-9-27(11-15)12-18-22-16-6-2-3-7-17(16)23-18/h2-3,6-8,10,14-15H,4-5,9,11-13H2,1H3,(H,22,23)/t15-/m1/s1. The van der Waals surface area contributed by atoms with E-state index in [0.717, 1.165) is 61.0 Å². The fourth-order valence-corrected chi connectivity index (χ4v) is 4.11. The van der Waals surface area contributed by atoms with Gasteiger partial charge in [0.2, 0.25) is 0 Å². The molecule has 28 heavy (non-hydrogen) atoms. The Balaban J connectivity index is 1.29. The monoisotopic (exact) mass is 376 g/mol. The number of hydrogen-bond acceptors (Lipinski definition) is 5. The van der Waals surface area contributed by atoms with Crippen LogP contribution in [0.4, 0.5) is 0 Å². The lowest BCUT2D eigenvalue weighted by Gasteiger charge is -2.31. The fraction of sp³-hybridized carbons (Fsp3) is 0.400. The molecule has 4 aromatic rings. The molecule has 1 saturated heterocycles. The maximum absolute atomic E-state index is 4.73. The van der Waals surface area contributed by atoms with E-state index < -0.39 is 0 Å². The SMILES string of the molecule is Cn1c(Cn2ccnc2)nnc1[C@@H]1CCCN(Cc2nc3ccccc3[nH]2)C1. The van der Waals surface area contributed by atoms with Crippen molar-refractivity contribution in [1.82, 2.24) is 39.2 Å². The second-order valence-corrected chi connectivity index (χ2v) is 7.54. The van der Waals surface area contributed by atoms with E-state index in [1.165, 1.54) is 0 Å². The van der Waals surface area contributed by atoms with Gasteiger partial charge in [-0.05, 0) is 31.5 Å². The summed E-state index contributed by atoms with van der Waals surface area (Å²) >= 11 is 0. The van der Waals surface area contributed by atoms with Gasteiger partial charge in [0.25, 0.3) is 0 Å². The van der Waals surface area contributed by atoms with Gasteiger partial charge in [0.05, 0.1) is 30.5 Å². The van der Waals surface area contributed by atoms with Crippen molar-refractivity contribution in [2.24, 2.45) is 7.05 Å². The van der Waals surface area contributed by atoms with E-state index in [4.69, 9.17) is 4.98 Å². The molecule has 0 aliphatic carbocycles. The molecule has 1 atom stereocenters. The van der Waals surface area contributed by atoms with Crippen molar-refractivity contribution < 1.29 is 0 Å². The summed E-state index contributed by atoms with van der Waals surface area (Å²) in [6.07, 6.45) is 7.85. The summed E-state index contributed by atoms with van der Waals surface area (Å²) < 4.78 is 4.16.